The number of methoxy groups -OCH3 is 1. The summed E-state index contributed by atoms with van der Waals surface area (Å²) in [6.45, 7) is 0.248. The average Bonchev–Trinajstić information content (AvgIpc) is 2.43. The van der Waals surface area contributed by atoms with Crippen LogP contribution in [0, 0.1) is 5.82 Å². The molecular weight excluding hydrogens is 249 g/mol. The Kier molecular flexibility index (Phi) is 3.75. The van der Waals surface area contributed by atoms with Crippen LogP contribution in [0.3, 0.4) is 0 Å². The molecule has 0 aliphatic carbocycles. The molecule has 0 fully saturated rings. The number of hydrogen-bond acceptors (Lipinski definition) is 3. The third kappa shape index (κ3) is 3.07. The van der Waals surface area contributed by atoms with Crippen LogP contribution in [0.5, 0.6) is 0 Å². The van der Waals surface area contributed by atoms with Gasteiger partial charge in [-0.15, -0.1) is 0 Å². The molecule has 0 unspecified atom stereocenters. The molecule has 19 heavy (non-hydrogen) atoms. The maximum absolute atomic E-state index is 13.0. The lowest BCUT2D eigenvalue weighted by atomic mass is 10.1. The van der Waals surface area contributed by atoms with Gasteiger partial charge in [-0.1, -0.05) is 12.1 Å². The van der Waals surface area contributed by atoms with Crippen LogP contribution in [-0.2, 0) is 11.3 Å². The van der Waals surface area contributed by atoms with E-state index in [4.69, 9.17) is 0 Å². The molecule has 1 aromatic carbocycles. The highest BCUT2D eigenvalue weighted by atomic mass is 19.1. The second-order valence-corrected chi connectivity index (χ2v) is 4.00. The van der Waals surface area contributed by atoms with Crippen molar-refractivity contribution in [2.75, 3.05) is 7.11 Å². The zero-order valence-electron chi connectivity index (χ0n) is 10.3. The first-order chi connectivity index (χ1) is 9.10. The number of hydrogen-bond donors (Lipinski definition) is 0. The van der Waals surface area contributed by atoms with E-state index in [1.165, 1.54) is 17.7 Å². The number of nitrogens with zero attached hydrogens (tertiary/aromatic N) is 1. The van der Waals surface area contributed by atoms with Crippen LogP contribution in [0.25, 0.3) is 0 Å². The summed E-state index contributed by atoms with van der Waals surface area (Å²) >= 11 is 0. The molecule has 0 aliphatic rings. The molecular formula is C14H12FNO3. The molecule has 0 radical (unpaired) electrons. The topological polar surface area (TPSA) is 48.3 Å². The molecule has 98 valence electrons. The summed E-state index contributed by atoms with van der Waals surface area (Å²) in [5.74, 6) is -0.889. The lowest BCUT2D eigenvalue weighted by Gasteiger charge is -2.06. The smallest absolute Gasteiger partial charge is 0.337 e. The van der Waals surface area contributed by atoms with Gasteiger partial charge in [0.05, 0.1) is 19.2 Å². The van der Waals surface area contributed by atoms with Crippen molar-refractivity contribution in [3.8, 4) is 0 Å². The zero-order chi connectivity index (χ0) is 13.8. The average molecular weight is 261 g/mol. The van der Waals surface area contributed by atoms with Gasteiger partial charge in [0.2, 0.25) is 0 Å². The Hall–Kier alpha value is -2.43. The number of halogens is 1. The van der Waals surface area contributed by atoms with Crippen LogP contribution in [-0.4, -0.2) is 17.6 Å². The first-order valence-corrected chi connectivity index (χ1v) is 5.63. The Bertz CT molecular complexity index is 646. The first kappa shape index (κ1) is 13.0. The van der Waals surface area contributed by atoms with Crippen LogP contribution in [0.2, 0.25) is 0 Å². The maximum Gasteiger partial charge on any atom is 0.337 e. The van der Waals surface area contributed by atoms with Crippen molar-refractivity contribution in [1.82, 2.24) is 4.57 Å². The van der Waals surface area contributed by atoms with Crippen molar-refractivity contribution in [1.29, 1.82) is 0 Å². The third-order valence-corrected chi connectivity index (χ3v) is 2.68. The summed E-state index contributed by atoms with van der Waals surface area (Å²) < 4.78 is 18.9. The van der Waals surface area contributed by atoms with E-state index in [1.807, 2.05) is 0 Å². The molecule has 0 N–H and O–H groups in total. The second kappa shape index (κ2) is 5.48. The molecule has 0 bridgehead atoms. The molecule has 2 rings (SSSR count). The lowest BCUT2D eigenvalue weighted by Crippen LogP contribution is -2.19. The number of carbonyl (C=O) groups is 1. The lowest BCUT2D eigenvalue weighted by molar-refractivity contribution is 0.0600. The fraction of sp³-hybridized carbons (Fsp3) is 0.143. The number of pyridine rings is 1. The monoisotopic (exact) mass is 261 g/mol. The van der Waals surface area contributed by atoms with Gasteiger partial charge in [-0.05, 0) is 23.8 Å². The predicted molar refractivity (Wildman–Crippen MR) is 67.5 cm³/mol. The minimum atomic E-state index is -0.467. The minimum Gasteiger partial charge on any atom is -0.465 e. The number of carbonyl (C=O) groups excluding carboxylic acids is 1. The normalized spacial score (nSPS) is 10.2. The van der Waals surface area contributed by atoms with Crippen LogP contribution < -0.4 is 5.56 Å². The number of ether oxygens (including phenoxy) is 1. The number of esters is 1. The van der Waals surface area contributed by atoms with Gasteiger partial charge in [0.15, 0.2) is 0 Å². The largest absolute Gasteiger partial charge is 0.465 e. The molecule has 5 heteroatoms. The Morgan fingerprint density at radius 1 is 1.21 bits per heavy atom. The molecule has 2 aromatic rings. The number of rotatable bonds is 3. The predicted octanol–water partition coefficient (Wildman–Crippen LogP) is 1.82. The van der Waals surface area contributed by atoms with Gasteiger partial charge in [-0.25, -0.2) is 9.18 Å². The van der Waals surface area contributed by atoms with E-state index in [0.717, 1.165) is 17.8 Å². The quantitative estimate of drug-likeness (QED) is 0.792. The Morgan fingerprint density at radius 2 is 1.89 bits per heavy atom. The maximum atomic E-state index is 13.0. The van der Waals surface area contributed by atoms with Gasteiger partial charge in [0, 0.05) is 12.3 Å². The van der Waals surface area contributed by atoms with E-state index >= 15 is 0 Å². The highest BCUT2D eigenvalue weighted by Gasteiger charge is 2.05. The van der Waals surface area contributed by atoms with E-state index in [1.54, 1.807) is 24.3 Å². The summed E-state index contributed by atoms with van der Waals surface area (Å²) in [6.07, 6.45) is 1.15. The summed E-state index contributed by atoms with van der Waals surface area (Å²) in [5, 5.41) is 0. The Balaban J connectivity index is 2.22. The van der Waals surface area contributed by atoms with Crippen LogP contribution in [0.4, 0.5) is 4.39 Å². The van der Waals surface area contributed by atoms with E-state index in [2.05, 4.69) is 4.74 Å². The van der Waals surface area contributed by atoms with Gasteiger partial charge in [-0.3, -0.25) is 4.79 Å². The summed E-state index contributed by atoms with van der Waals surface area (Å²) in [6, 6.07) is 8.90. The van der Waals surface area contributed by atoms with Crippen LogP contribution >= 0.6 is 0 Å². The van der Waals surface area contributed by atoms with E-state index < -0.39 is 11.8 Å². The molecule has 0 saturated heterocycles. The summed E-state index contributed by atoms with van der Waals surface area (Å²) in [5.41, 5.74) is 0.941. The third-order valence-electron chi connectivity index (χ3n) is 2.68. The highest BCUT2D eigenvalue weighted by molar-refractivity contribution is 5.89. The number of benzene rings is 1. The van der Waals surface area contributed by atoms with Gasteiger partial charge in [0.1, 0.15) is 5.82 Å². The molecule has 1 aromatic heterocycles. The van der Waals surface area contributed by atoms with Gasteiger partial charge >= 0.3 is 5.97 Å². The van der Waals surface area contributed by atoms with Gasteiger partial charge < -0.3 is 9.30 Å². The van der Waals surface area contributed by atoms with E-state index in [9.17, 15) is 14.0 Å². The van der Waals surface area contributed by atoms with Crippen LogP contribution in [0.1, 0.15) is 15.9 Å². The van der Waals surface area contributed by atoms with Crippen molar-refractivity contribution < 1.29 is 13.9 Å². The van der Waals surface area contributed by atoms with E-state index in [0.29, 0.717) is 5.56 Å². The fourth-order valence-electron chi connectivity index (χ4n) is 1.69. The van der Waals surface area contributed by atoms with Crippen molar-refractivity contribution >= 4 is 5.97 Å². The summed E-state index contributed by atoms with van der Waals surface area (Å²) in [7, 11) is 1.31. The fourth-order valence-corrected chi connectivity index (χ4v) is 1.69. The molecule has 0 atom stereocenters. The SMILES string of the molecule is COC(=O)c1ccc(Cn2cc(F)ccc2=O)cc1. The molecule has 0 aliphatic heterocycles. The zero-order valence-corrected chi connectivity index (χ0v) is 10.3. The molecule has 0 amide bonds. The van der Waals surface area contributed by atoms with E-state index in [-0.39, 0.29) is 12.1 Å². The van der Waals surface area contributed by atoms with Crippen molar-refractivity contribution in [3.63, 3.8) is 0 Å². The molecule has 1 heterocycles. The minimum absolute atomic E-state index is 0.248. The number of aromatic nitrogens is 1. The molecule has 4 nitrogen and oxygen atoms in total. The van der Waals surface area contributed by atoms with Gasteiger partial charge in [-0.2, -0.15) is 0 Å². The van der Waals surface area contributed by atoms with Crippen LogP contribution in [0.15, 0.2) is 47.4 Å². The first-order valence-electron chi connectivity index (χ1n) is 5.63. The summed E-state index contributed by atoms with van der Waals surface area (Å²) in [4.78, 5) is 22.8. The van der Waals surface area contributed by atoms with Crippen molar-refractivity contribution in [2.45, 2.75) is 6.54 Å². The molecule has 0 spiro atoms. The Morgan fingerprint density at radius 3 is 2.53 bits per heavy atom. The standard InChI is InChI=1S/C14H12FNO3/c1-19-14(18)11-4-2-10(3-5-11)8-16-9-12(15)6-7-13(16)17/h2-7,9H,8H2,1H3. The highest BCUT2D eigenvalue weighted by Crippen LogP contribution is 2.07. The Labute approximate surface area is 109 Å². The van der Waals surface area contributed by atoms with Gasteiger partial charge in [0.25, 0.3) is 5.56 Å². The second-order valence-electron chi connectivity index (χ2n) is 4.00. The molecule has 0 saturated carbocycles. The van der Waals surface area contributed by atoms with Crippen molar-refractivity contribution in [3.05, 3.63) is 69.9 Å². The van der Waals surface area contributed by atoms with Crippen molar-refractivity contribution in [2.24, 2.45) is 0 Å².